The highest BCUT2D eigenvalue weighted by Crippen LogP contribution is 2.39. The van der Waals surface area contributed by atoms with Gasteiger partial charge in [0.15, 0.2) is 0 Å². The van der Waals surface area contributed by atoms with Crippen LogP contribution >= 0.6 is 0 Å². The molecule has 1 aromatic rings. The highest BCUT2D eigenvalue weighted by Gasteiger charge is 2.49. The summed E-state index contributed by atoms with van der Waals surface area (Å²) >= 11 is -2.40. The van der Waals surface area contributed by atoms with Crippen molar-refractivity contribution in [2.24, 2.45) is 11.3 Å². The molecule has 3 heterocycles. The van der Waals surface area contributed by atoms with Crippen molar-refractivity contribution < 1.29 is 26.7 Å². The van der Waals surface area contributed by atoms with Gasteiger partial charge in [-0.05, 0) is 67.7 Å². The Morgan fingerprint density at radius 2 is 1.91 bits per heavy atom. The van der Waals surface area contributed by atoms with E-state index in [2.05, 4.69) is 19.2 Å². The molecule has 0 bridgehead atoms. The van der Waals surface area contributed by atoms with Gasteiger partial charge in [0.2, 0.25) is 15.9 Å². The van der Waals surface area contributed by atoms with Gasteiger partial charge >= 0.3 is 0 Å². The van der Waals surface area contributed by atoms with Crippen molar-refractivity contribution in [2.75, 3.05) is 52.5 Å². The largest absolute Gasteiger partial charge is 0.768 e. The normalized spacial score (nSPS) is 23.5. The molecule has 2 atom stereocenters. The van der Waals surface area contributed by atoms with Crippen LogP contribution in [0.4, 0.5) is 0 Å². The van der Waals surface area contributed by atoms with E-state index in [1.165, 1.54) is 28.6 Å². The van der Waals surface area contributed by atoms with E-state index in [0.29, 0.717) is 39.1 Å². The SMILES string of the molecule is CCNCC.O=C([C@@H]1CCCN(S(=O)(=O)c2ccc(S(=O)[O-])cc2)C1)N1CC2(CCOC2)C1. The second kappa shape index (κ2) is 11.4. The molecule has 4 rings (SSSR count). The lowest BCUT2D eigenvalue weighted by Gasteiger charge is -2.49. The van der Waals surface area contributed by atoms with Crippen LogP contribution in [-0.2, 0) is 30.6 Å². The summed E-state index contributed by atoms with van der Waals surface area (Å²) in [4.78, 5) is 14.7. The van der Waals surface area contributed by atoms with Gasteiger partial charge in [-0.3, -0.25) is 9.00 Å². The first-order valence-electron chi connectivity index (χ1n) is 11.5. The number of hydrogen-bond acceptors (Lipinski definition) is 7. The lowest BCUT2D eigenvalue weighted by atomic mass is 9.78. The lowest BCUT2D eigenvalue weighted by molar-refractivity contribution is -0.149. The third kappa shape index (κ3) is 6.20. The Hall–Kier alpha value is -1.37. The van der Waals surface area contributed by atoms with Crippen molar-refractivity contribution in [2.45, 2.75) is 42.9 Å². The molecule has 3 aliphatic heterocycles. The smallest absolute Gasteiger partial charge is 0.243 e. The highest BCUT2D eigenvalue weighted by molar-refractivity contribution is 7.89. The molecule has 9 nitrogen and oxygen atoms in total. The molecule has 3 saturated heterocycles. The first-order valence-corrected chi connectivity index (χ1v) is 14.0. The van der Waals surface area contributed by atoms with Crippen LogP contribution in [0.25, 0.3) is 0 Å². The maximum absolute atomic E-state index is 12.9. The number of rotatable bonds is 6. The van der Waals surface area contributed by atoms with Gasteiger partial charge in [0, 0.05) is 43.1 Å². The summed E-state index contributed by atoms with van der Waals surface area (Å²) in [5.41, 5.74) is 0.111. The molecular formula is C22H34N3O6S2-. The van der Waals surface area contributed by atoms with E-state index >= 15 is 0 Å². The molecule has 0 radical (unpaired) electrons. The van der Waals surface area contributed by atoms with Crippen LogP contribution in [0.3, 0.4) is 0 Å². The van der Waals surface area contributed by atoms with Crippen LogP contribution in [0, 0.1) is 11.3 Å². The number of sulfonamides is 1. The molecule has 186 valence electrons. The number of likely N-dealkylation sites (tertiary alicyclic amines) is 1. The zero-order valence-electron chi connectivity index (χ0n) is 19.3. The van der Waals surface area contributed by atoms with Crippen LogP contribution in [0.2, 0.25) is 0 Å². The molecule has 11 heteroatoms. The standard InChI is InChI=1S/C18H24N2O6S2.C4H11N/c21-17(19-11-18(12-19)7-9-26-13-18)14-2-1-8-20(10-14)28(24,25)16-5-3-15(4-6-16)27(22)23;1-3-5-4-2/h3-6,14H,1-2,7-13H2,(H,22,23);5H,3-4H2,1-2H3/p-1/t14-;/m1./s1. The number of ether oxygens (including phenoxy) is 1. The average molecular weight is 501 g/mol. The molecule has 1 aromatic carbocycles. The summed E-state index contributed by atoms with van der Waals surface area (Å²) in [6, 6.07) is 5.13. The minimum absolute atomic E-state index is 0.0227. The first-order chi connectivity index (χ1) is 15.7. The van der Waals surface area contributed by atoms with Gasteiger partial charge in [-0.15, -0.1) is 0 Å². The van der Waals surface area contributed by atoms with Crippen LogP contribution in [0.1, 0.15) is 33.1 Å². The Balaban J connectivity index is 0.000000555. The van der Waals surface area contributed by atoms with Gasteiger partial charge in [-0.25, -0.2) is 8.42 Å². The summed E-state index contributed by atoms with van der Waals surface area (Å²) in [7, 11) is -3.77. The minimum Gasteiger partial charge on any atom is -0.768 e. The number of hydrogen-bond donors (Lipinski definition) is 1. The molecule has 3 fully saturated rings. The summed E-state index contributed by atoms with van der Waals surface area (Å²) in [6.45, 7) is 9.75. The third-order valence-corrected chi connectivity index (χ3v) is 8.97. The number of benzene rings is 1. The van der Waals surface area contributed by atoms with E-state index < -0.39 is 21.1 Å². The summed E-state index contributed by atoms with van der Waals surface area (Å²) in [5.74, 6) is -0.314. The Labute approximate surface area is 199 Å². The van der Waals surface area contributed by atoms with Gasteiger partial charge in [-0.2, -0.15) is 4.31 Å². The van der Waals surface area contributed by atoms with E-state index in [4.69, 9.17) is 4.74 Å². The number of carbonyl (C=O) groups excluding carboxylic acids is 1. The molecule has 0 saturated carbocycles. The van der Waals surface area contributed by atoms with E-state index in [-0.39, 0.29) is 33.6 Å². The number of piperidine rings is 1. The topological polar surface area (TPSA) is 119 Å². The summed E-state index contributed by atoms with van der Waals surface area (Å²) < 4.78 is 54.6. The Kier molecular flexibility index (Phi) is 9.04. The van der Waals surface area contributed by atoms with Crippen molar-refractivity contribution in [3.05, 3.63) is 24.3 Å². The first kappa shape index (κ1) is 26.2. The fourth-order valence-corrected chi connectivity index (χ4v) is 6.44. The van der Waals surface area contributed by atoms with Gasteiger partial charge in [0.25, 0.3) is 0 Å². The zero-order valence-corrected chi connectivity index (χ0v) is 21.0. The second-order valence-electron chi connectivity index (χ2n) is 8.86. The molecule has 1 spiro atoms. The fraction of sp³-hybridized carbons (Fsp3) is 0.682. The fourth-order valence-electron chi connectivity index (χ4n) is 4.56. The number of nitrogens with zero attached hydrogens (tertiary/aromatic N) is 2. The van der Waals surface area contributed by atoms with E-state index in [1.54, 1.807) is 0 Å². The molecule has 33 heavy (non-hydrogen) atoms. The molecule has 0 aliphatic carbocycles. The van der Waals surface area contributed by atoms with E-state index in [0.717, 1.165) is 26.1 Å². The second-order valence-corrected chi connectivity index (χ2v) is 11.7. The summed E-state index contributed by atoms with van der Waals surface area (Å²) in [6.07, 6.45) is 2.28. The monoisotopic (exact) mass is 500 g/mol. The highest BCUT2D eigenvalue weighted by atomic mass is 32.2. The van der Waals surface area contributed by atoms with Crippen LogP contribution < -0.4 is 5.32 Å². The van der Waals surface area contributed by atoms with Crippen LogP contribution in [0.5, 0.6) is 0 Å². The number of amides is 1. The molecule has 1 amide bonds. The van der Waals surface area contributed by atoms with Crippen LogP contribution in [0.15, 0.2) is 34.1 Å². The molecular weight excluding hydrogens is 466 g/mol. The number of carbonyl (C=O) groups is 1. The van der Waals surface area contributed by atoms with Gasteiger partial charge in [-0.1, -0.05) is 13.8 Å². The van der Waals surface area contributed by atoms with Crippen LogP contribution in [-0.4, -0.2) is 84.8 Å². The van der Waals surface area contributed by atoms with Crippen molar-refractivity contribution in [1.82, 2.24) is 14.5 Å². The van der Waals surface area contributed by atoms with Crippen molar-refractivity contribution in [1.29, 1.82) is 0 Å². The van der Waals surface area contributed by atoms with E-state index in [1.807, 2.05) is 4.90 Å². The van der Waals surface area contributed by atoms with Crippen molar-refractivity contribution in [3.63, 3.8) is 0 Å². The van der Waals surface area contributed by atoms with Gasteiger partial charge in [0.1, 0.15) is 0 Å². The van der Waals surface area contributed by atoms with Gasteiger partial charge in [0.05, 0.1) is 17.4 Å². The molecule has 1 unspecified atom stereocenters. The predicted molar refractivity (Wildman–Crippen MR) is 124 cm³/mol. The molecule has 0 aromatic heterocycles. The Bertz CT molecular complexity index is 922. The minimum atomic E-state index is -3.77. The van der Waals surface area contributed by atoms with Gasteiger partial charge < -0.3 is 19.5 Å². The maximum atomic E-state index is 12.9. The third-order valence-electron chi connectivity index (χ3n) is 6.44. The van der Waals surface area contributed by atoms with E-state index in [9.17, 15) is 22.0 Å². The average Bonchev–Trinajstić information content (AvgIpc) is 3.29. The predicted octanol–water partition coefficient (Wildman–Crippen LogP) is 1.19. The van der Waals surface area contributed by atoms with Crippen molar-refractivity contribution >= 4 is 27.0 Å². The number of nitrogens with one attached hydrogen (secondary N) is 1. The molecule has 1 N–H and O–H groups in total. The quantitative estimate of drug-likeness (QED) is 0.583. The summed E-state index contributed by atoms with van der Waals surface area (Å²) in [5, 5.41) is 3.11. The maximum Gasteiger partial charge on any atom is 0.243 e. The zero-order chi connectivity index (χ0) is 24.1. The lowest BCUT2D eigenvalue weighted by Crippen LogP contribution is -2.61. The Morgan fingerprint density at radius 3 is 2.42 bits per heavy atom. The molecule has 3 aliphatic rings. The van der Waals surface area contributed by atoms with Crippen molar-refractivity contribution in [3.8, 4) is 0 Å². The Morgan fingerprint density at radius 1 is 1.24 bits per heavy atom.